The lowest BCUT2D eigenvalue weighted by Crippen LogP contribution is -2.06. The third-order valence-corrected chi connectivity index (χ3v) is 4.94. The van der Waals surface area contributed by atoms with Gasteiger partial charge in [0.25, 0.3) is 0 Å². The predicted octanol–water partition coefficient (Wildman–Crippen LogP) is 3.96. The van der Waals surface area contributed by atoms with Crippen molar-refractivity contribution in [2.24, 2.45) is 0 Å². The van der Waals surface area contributed by atoms with Gasteiger partial charge in [-0.25, -0.2) is 0 Å². The molecule has 0 unspecified atom stereocenters. The maximum Gasteiger partial charge on any atom is 0.192 e. The van der Waals surface area contributed by atoms with Gasteiger partial charge in [-0.15, -0.1) is 10.2 Å². The summed E-state index contributed by atoms with van der Waals surface area (Å²) in [4.78, 5) is 16.5. The topological polar surface area (TPSA) is 73.8 Å². The van der Waals surface area contributed by atoms with Gasteiger partial charge < -0.3 is 4.42 Å². The monoisotopic (exact) mass is 376 g/mol. The van der Waals surface area contributed by atoms with E-state index in [0.29, 0.717) is 23.1 Å². The van der Waals surface area contributed by atoms with Gasteiger partial charge >= 0.3 is 0 Å². The lowest BCUT2D eigenvalue weighted by molar-refractivity contribution is 0.102. The number of carbonyl (C=O) groups excluding carboxylic acids is 1. The van der Waals surface area contributed by atoms with Crippen LogP contribution in [0.15, 0.2) is 82.8 Å². The highest BCUT2D eigenvalue weighted by Crippen LogP contribution is 2.25. The molecule has 4 rings (SSSR count). The fraction of sp³-hybridized carbons (Fsp3) is 0.100. The van der Waals surface area contributed by atoms with E-state index in [4.69, 9.17) is 4.42 Å². The highest BCUT2D eigenvalue weighted by molar-refractivity contribution is 7.99. The Kier molecular flexibility index (Phi) is 5.11. The molecule has 3 aromatic heterocycles. The second-order valence-corrected chi connectivity index (χ2v) is 6.73. The van der Waals surface area contributed by atoms with Crippen LogP contribution in [0.2, 0.25) is 0 Å². The second-order valence-electron chi connectivity index (χ2n) is 5.79. The van der Waals surface area contributed by atoms with Crippen molar-refractivity contribution < 1.29 is 9.21 Å². The van der Waals surface area contributed by atoms with E-state index in [1.54, 1.807) is 18.7 Å². The van der Waals surface area contributed by atoms with Gasteiger partial charge in [-0.2, -0.15) is 0 Å². The number of rotatable bonds is 7. The van der Waals surface area contributed by atoms with Crippen molar-refractivity contribution in [2.75, 3.05) is 5.75 Å². The van der Waals surface area contributed by atoms with Crippen LogP contribution in [0.4, 0.5) is 0 Å². The number of ketones is 1. The van der Waals surface area contributed by atoms with Crippen LogP contribution in [0.25, 0.3) is 11.4 Å². The molecule has 0 fully saturated rings. The SMILES string of the molecule is O=C(CSc1nnc(-c2ccncc2)n1Cc1ccco1)c1ccccc1. The standard InChI is InChI=1S/C20H16N4O2S/c25-18(15-5-2-1-3-6-15)14-27-20-23-22-19(16-8-10-21-11-9-16)24(20)13-17-7-4-12-26-17/h1-12H,13-14H2. The van der Waals surface area contributed by atoms with Crippen LogP contribution in [0.3, 0.4) is 0 Å². The van der Waals surface area contributed by atoms with Gasteiger partial charge in [0.15, 0.2) is 16.8 Å². The van der Waals surface area contributed by atoms with E-state index in [-0.39, 0.29) is 11.5 Å². The molecular weight excluding hydrogens is 360 g/mol. The predicted molar refractivity (Wildman–Crippen MR) is 103 cm³/mol. The maximum atomic E-state index is 12.4. The van der Waals surface area contributed by atoms with Crippen molar-refractivity contribution in [3.63, 3.8) is 0 Å². The minimum Gasteiger partial charge on any atom is -0.467 e. The number of benzene rings is 1. The zero-order valence-corrected chi connectivity index (χ0v) is 15.2. The zero-order chi connectivity index (χ0) is 18.5. The van der Waals surface area contributed by atoms with Gasteiger partial charge in [0.2, 0.25) is 0 Å². The normalized spacial score (nSPS) is 10.8. The van der Waals surface area contributed by atoms with Crippen molar-refractivity contribution >= 4 is 17.5 Å². The van der Waals surface area contributed by atoms with Crippen LogP contribution < -0.4 is 0 Å². The number of nitrogens with zero attached hydrogens (tertiary/aromatic N) is 4. The van der Waals surface area contributed by atoms with Crippen LogP contribution in [0.5, 0.6) is 0 Å². The average molecular weight is 376 g/mol. The van der Waals surface area contributed by atoms with Crippen LogP contribution in [0, 0.1) is 0 Å². The molecule has 0 aliphatic carbocycles. The van der Waals surface area contributed by atoms with E-state index in [0.717, 1.165) is 11.3 Å². The molecule has 0 aliphatic rings. The number of hydrogen-bond donors (Lipinski definition) is 0. The third kappa shape index (κ3) is 3.98. The molecule has 3 heterocycles. The highest BCUT2D eigenvalue weighted by atomic mass is 32.2. The number of pyridine rings is 1. The Balaban J connectivity index is 1.60. The molecule has 0 bridgehead atoms. The molecule has 1 aromatic carbocycles. The molecule has 4 aromatic rings. The Bertz CT molecular complexity index is 1010. The summed E-state index contributed by atoms with van der Waals surface area (Å²) in [5.74, 6) is 1.85. The smallest absolute Gasteiger partial charge is 0.192 e. The molecule has 0 atom stereocenters. The molecule has 0 spiro atoms. The van der Waals surface area contributed by atoms with E-state index in [9.17, 15) is 4.79 Å². The summed E-state index contributed by atoms with van der Waals surface area (Å²) in [6, 6.07) is 16.8. The van der Waals surface area contributed by atoms with Crippen molar-refractivity contribution in [1.29, 1.82) is 0 Å². The lowest BCUT2D eigenvalue weighted by atomic mass is 10.2. The van der Waals surface area contributed by atoms with Crippen molar-refractivity contribution in [3.8, 4) is 11.4 Å². The molecular formula is C20H16N4O2S. The van der Waals surface area contributed by atoms with Gasteiger partial charge in [0, 0.05) is 23.5 Å². The Labute approximate surface area is 160 Å². The van der Waals surface area contributed by atoms with Crippen LogP contribution in [-0.2, 0) is 6.54 Å². The molecule has 0 radical (unpaired) electrons. The van der Waals surface area contributed by atoms with Gasteiger partial charge in [-0.1, -0.05) is 42.1 Å². The summed E-state index contributed by atoms with van der Waals surface area (Å²) in [6.07, 6.45) is 5.07. The largest absolute Gasteiger partial charge is 0.467 e. The summed E-state index contributed by atoms with van der Waals surface area (Å²) < 4.78 is 7.44. The molecule has 7 heteroatoms. The summed E-state index contributed by atoms with van der Waals surface area (Å²) in [5.41, 5.74) is 1.60. The van der Waals surface area contributed by atoms with Gasteiger partial charge in [-0.3, -0.25) is 14.3 Å². The number of furan rings is 1. The number of Topliss-reactive ketones (excluding diaryl/α,β-unsaturated/α-hetero) is 1. The molecule has 0 saturated carbocycles. The molecule has 0 amide bonds. The summed E-state index contributed by atoms with van der Waals surface area (Å²) in [7, 11) is 0. The maximum absolute atomic E-state index is 12.4. The minimum atomic E-state index is 0.0543. The molecule has 134 valence electrons. The molecule has 0 N–H and O–H groups in total. The van der Waals surface area contributed by atoms with Gasteiger partial charge in [0.1, 0.15) is 5.76 Å². The minimum absolute atomic E-state index is 0.0543. The van der Waals surface area contributed by atoms with E-state index in [1.807, 2.05) is 59.2 Å². The molecule has 0 aliphatic heterocycles. The fourth-order valence-corrected chi connectivity index (χ4v) is 3.48. The molecule has 0 saturated heterocycles. The Hall–Kier alpha value is -3.19. The van der Waals surface area contributed by atoms with Crippen molar-refractivity contribution in [2.45, 2.75) is 11.7 Å². The quantitative estimate of drug-likeness (QED) is 0.359. The van der Waals surface area contributed by atoms with E-state index < -0.39 is 0 Å². The highest BCUT2D eigenvalue weighted by Gasteiger charge is 2.17. The Morgan fingerprint density at radius 1 is 1.00 bits per heavy atom. The Morgan fingerprint density at radius 3 is 2.56 bits per heavy atom. The van der Waals surface area contributed by atoms with Crippen LogP contribution in [-0.4, -0.2) is 31.3 Å². The Morgan fingerprint density at radius 2 is 1.81 bits per heavy atom. The van der Waals surface area contributed by atoms with Gasteiger partial charge in [-0.05, 0) is 24.3 Å². The average Bonchev–Trinajstić information content (AvgIpc) is 3.38. The van der Waals surface area contributed by atoms with Gasteiger partial charge in [0.05, 0.1) is 18.6 Å². The molecule has 6 nitrogen and oxygen atoms in total. The second kappa shape index (κ2) is 8.01. The van der Waals surface area contributed by atoms with Crippen molar-refractivity contribution in [1.82, 2.24) is 19.7 Å². The van der Waals surface area contributed by atoms with E-state index in [2.05, 4.69) is 15.2 Å². The first-order valence-electron chi connectivity index (χ1n) is 8.38. The number of thioether (sulfide) groups is 1. The number of carbonyl (C=O) groups is 1. The molecule has 27 heavy (non-hydrogen) atoms. The first-order chi connectivity index (χ1) is 13.3. The first kappa shape index (κ1) is 17.2. The lowest BCUT2D eigenvalue weighted by Gasteiger charge is -2.08. The van der Waals surface area contributed by atoms with Crippen LogP contribution >= 0.6 is 11.8 Å². The summed E-state index contributed by atoms with van der Waals surface area (Å²) in [5, 5.41) is 9.30. The van der Waals surface area contributed by atoms with E-state index in [1.165, 1.54) is 11.8 Å². The summed E-state index contributed by atoms with van der Waals surface area (Å²) in [6.45, 7) is 0.486. The number of hydrogen-bond acceptors (Lipinski definition) is 6. The van der Waals surface area contributed by atoms with E-state index >= 15 is 0 Å². The first-order valence-corrected chi connectivity index (χ1v) is 9.37. The van der Waals surface area contributed by atoms with Crippen molar-refractivity contribution in [3.05, 3.63) is 84.6 Å². The van der Waals surface area contributed by atoms with Crippen LogP contribution in [0.1, 0.15) is 16.1 Å². The zero-order valence-electron chi connectivity index (χ0n) is 14.4. The fourth-order valence-electron chi connectivity index (χ4n) is 2.65. The summed E-state index contributed by atoms with van der Waals surface area (Å²) >= 11 is 1.37. The third-order valence-electron chi connectivity index (χ3n) is 3.98. The number of aromatic nitrogens is 4.